The number of rotatable bonds is 16. The second-order valence-corrected chi connectivity index (χ2v) is 25.3. The first-order chi connectivity index (χ1) is 50.0. The SMILES string of the molecule is Cc1cccc(C2=CCC(CCc3nc4ccccc4c(=O)[nH]3)=N2)c1.Cc1ccccc1C1=CCC(CCc2nc3ccccc3c(=O)[nH]2)=N1.O=c1[nH]c(CCC2=NC(c3cccc4cccnc34)=CC2)nc2ccccc12.O=c1[nH]c(CCC2=NC(c3ccncc3)=CC2)nc2ccccc12. The van der Waals surface area contributed by atoms with Gasteiger partial charge < -0.3 is 19.9 Å². The van der Waals surface area contributed by atoms with Crippen LogP contribution in [0.3, 0.4) is 0 Å². The summed E-state index contributed by atoms with van der Waals surface area (Å²) in [6.45, 7) is 4.19. The van der Waals surface area contributed by atoms with Gasteiger partial charge in [-0.05, 0) is 118 Å². The number of nitrogens with one attached hydrogen (secondary N) is 4. The molecule has 4 aliphatic heterocycles. The van der Waals surface area contributed by atoms with Crippen molar-refractivity contribution in [2.75, 3.05) is 0 Å². The molecule has 6 aromatic heterocycles. The van der Waals surface area contributed by atoms with Crippen LogP contribution in [0.5, 0.6) is 0 Å². The third kappa shape index (κ3) is 16.0. The highest BCUT2D eigenvalue weighted by molar-refractivity contribution is 6.01. The third-order valence-electron chi connectivity index (χ3n) is 18.1. The van der Waals surface area contributed by atoms with Gasteiger partial charge in [-0.2, -0.15) is 0 Å². The Balaban J connectivity index is 0.000000115. The molecule has 18 heteroatoms. The van der Waals surface area contributed by atoms with E-state index >= 15 is 0 Å². The van der Waals surface area contributed by atoms with E-state index < -0.39 is 0 Å². The Morgan fingerprint density at radius 2 is 0.706 bits per heavy atom. The summed E-state index contributed by atoms with van der Waals surface area (Å²) in [5, 5.41) is 3.63. The van der Waals surface area contributed by atoms with E-state index in [9.17, 15) is 19.2 Å². The van der Waals surface area contributed by atoms with E-state index in [1.807, 2.05) is 115 Å². The summed E-state index contributed by atoms with van der Waals surface area (Å²) in [5.74, 6) is 2.84. The fourth-order valence-corrected chi connectivity index (χ4v) is 12.8. The predicted molar refractivity (Wildman–Crippen MR) is 411 cm³/mol. The first-order valence-corrected chi connectivity index (χ1v) is 34.3. The Morgan fingerprint density at radius 3 is 1.16 bits per heavy atom. The molecule has 0 saturated heterocycles. The average molecular weight is 1340 g/mol. The van der Waals surface area contributed by atoms with E-state index in [-0.39, 0.29) is 22.2 Å². The molecule has 0 fully saturated rings. The zero-order valence-electron chi connectivity index (χ0n) is 56.5. The zero-order chi connectivity index (χ0) is 69.7. The molecule has 7 aromatic carbocycles. The second-order valence-electron chi connectivity index (χ2n) is 25.3. The molecule has 10 heterocycles. The molecule has 13 aromatic rings. The quantitative estimate of drug-likeness (QED) is 0.0711. The van der Waals surface area contributed by atoms with Crippen molar-refractivity contribution in [1.29, 1.82) is 0 Å². The summed E-state index contributed by atoms with van der Waals surface area (Å²) in [6.07, 6.45) is 23.2. The van der Waals surface area contributed by atoms with Gasteiger partial charge in [-0.3, -0.25) is 49.1 Å². The smallest absolute Gasteiger partial charge is 0.258 e. The largest absolute Gasteiger partial charge is 0.310 e. The van der Waals surface area contributed by atoms with E-state index in [4.69, 9.17) is 15.0 Å². The third-order valence-corrected chi connectivity index (χ3v) is 18.1. The van der Waals surface area contributed by atoms with Gasteiger partial charge >= 0.3 is 0 Å². The minimum atomic E-state index is -0.0883. The lowest BCUT2D eigenvalue weighted by molar-refractivity contribution is 0.896. The molecule has 0 saturated carbocycles. The molecule has 18 nitrogen and oxygen atoms in total. The average Bonchev–Trinajstić information content (AvgIpc) is 1.40. The molecule has 4 N–H and O–H groups in total. The van der Waals surface area contributed by atoms with Gasteiger partial charge in [0.1, 0.15) is 23.3 Å². The molecule has 0 atom stereocenters. The fraction of sp³-hybridized carbons (Fsp3) is 0.167. The van der Waals surface area contributed by atoms with Crippen molar-refractivity contribution in [3.63, 3.8) is 0 Å². The summed E-state index contributed by atoms with van der Waals surface area (Å²) in [4.78, 5) is 106. The zero-order valence-corrected chi connectivity index (χ0v) is 56.5. The van der Waals surface area contributed by atoms with E-state index in [1.165, 1.54) is 16.7 Å². The summed E-state index contributed by atoms with van der Waals surface area (Å²) in [7, 11) is 0. The lowest BCUT2D eigenvalue weighted by Crippen LogP contribution is -2.12. The molecule has 4 aliphatic rings. The molecule has 102 heavy (non-hydrogen) atoms. The number of hydrogen-bond acceptors (Lipinski definition) is 14. The molecule has 0 aliphatic carbocycles. The fourth-order valence-electron chi connectivity index (χ4n) is 12.8. The number of aromatic amines is 4. The Labute approximate surface area is 586 Å². The molecule has 0 spiro atoms. The number of fused-ring (bicyclic) bond motifs is 5. The van der Waals surface area contributed by atoms with Crippen LogP contribution in [0, 0.1) is 13.8 Å². The van der Waals surface area contributed by atoms with Gasteiger partial charge in [0.15, 0.2) is 0 Å². The molecule has 17 rings (SSSR count). The van der Waals surface area contributed by atoms with Crippen LogP contribution in [0.15, 0.2) is 270 Å². The van der Waals surface area contributed by atoms with Crippen LogP contribution in [0.4, 0.5) is 0 Å². The number of aryl methyl sites for hydroxylation is 6. The maximum Gasteiger partial charge on any atom is 0.258 e. The first-order valence-electron chi connectivity index (χ1n) is 34.3. The number of para-hydroxylation sites is 5. The van der Waals surface area contributed by atoms with Crippen LogP contribution in [-0.4, -0.2) is 72.7 Å². The monoisotopic (exact) mass is 1340 g/mol. The summed E-state index contributed by atoms with van der Waals surface area (Å²) in [5.41, 5.74) is 19.1. The number of benzene rings is 7. The number of aromatic nitrogens is 10. The molecule has 502 valence electrons. The minimum Gasteiger partial charge on any atom is -0.310 e. The van der Waals surface area contributed by atoms with Gasteiger partial charge in [-0.15, -0.1) is 0 Å². The Bertz CT molecular complexity index is 5870. The van der Waals surface area contributed by atoms with Gasteiger partial charge in [0.2, 0.25) is 0 Å². The minimum absolute atomic E-state index is 0.0762. The molecular weight excluding hydrogens is 1270 g/mol. The first kappa shape index (κ1) is 66.5. The van der Waals surface area contributed by atoms with Crippen molar-refractivity contribution in [2.24, 2.45) is 20.0 Å². The van der Waals surface area contributed by atoms with Crippen LogP contribution in [0.1, 0.15) is 108 Å². The van der Waals surface area contributed by atoms with Gasteiger partial charge in [0.25, 0.3) is 22.2 Å². The number of H-pyrrole nitrogens is 4. The van der Waals surface area contributed by atoms with Crippen LogP contribution in [-0.2, 0) is 25.7 Å². The highest BCUT2D eigenvalue weighted by Crippen LogP contribution is 2.31. The molecule has 0 bridgehead atoms. The lowest BCUT2D eigenvalue weighted by atomic mass is 10.1. The Hall–Kier alpha value is -12.7. The van der Waals surface area contributed by atoms with E-state index in [0.29, 0.717) is 58.9 Å². The lowest BCUT2D eigenvalue weighted by Gasteiger charge is -2.05. The normalized spacial score (nSPS) is 13.8. The maximum atomic E-state index is 12.2. The van der Waals surface area contributed by atoms with E-state index in [1.54, 1.807) is 36.7 Å². The van der Waals surface area contributed by atoms with Gasteiger partial charge in [-0.1, -0.05) is 145 Å². The molecule has 0 amide bonds. The number of aliphatic imine (C=N–C) groups is 4. The molecule has 0 radical (unpaired) electrons. The van der Waals surface area contributed by atoms with Crippen molar-refractivity contribution in [1.82, 2.24) is 49.8 Å². The standard InChI is InChI=1S/C23H18N4O.2C21H19N3O.C19H16N4O/c28-23-18-7-1-2-9-19(18)26-21(27-23)13-11-16-10-12-20(25-16)17-8-3-5-15-6-4-14-24-22(15)17;1-14-5-4-6-15(13-14)18-11-9-16(22-18)10-12-20-23-19-8-3-2-7-17(19)21(25)24-20;1-14-6-2-3-7-16(14)19-12-10-15(22-19)11-13-20-23-18-9-5-4-8-17(18)21(25)24-20;24-19-15-3-1-2-4-17(15)22-18(23-19)8-6-14-5-7-16(21-14)13-9-11-20-12-10-13/h1-9,12,14H,10-11,13H2,(H,26,27,28);2-8,11,13H,9-10,12H2,1H3,(H,23,24,25);2-9,12H,10-11,13H2,1H3,(H,23,24,25);1-4,7,9-12H,5-6,8H2,(H,22,23,24). The van der Waals surface area contributed by atoms with Crippen molar-refractivity contribution in [3.05, 3.63) is 329 Å². The number of allylic oxidation sites excluding steroid dienone is 4. The second kappa shape index (κ2) is 31.0. The van der Waals surface area contributed by atoms with Crippen LogP contribution < -0.4 is 22.2 Å². The topological polar surface area (TPSA) is 258 Å². The van der Waals surface area contributed by atoms with Crippen molar-refractivity contribution in [3.8, 4) is 0 Å². The van der Waals surface area contributed by atoms with Crippen LogP contribution in [0.2, 0.25) is 0 Å². The summed E-state index contributed by atoms with van der Waals surface area (Å²) in [6, 6.07) is 60.4. The maximum absolute atomic E-state index is 12.2. The van der Waals surface area contributed by atoms with Crippen molar-refractivity contribution < 1.29 is 0 Å². The summed E-state index contributed by atoms with van der Waals surface area (Å²) >= 11 is 0. The summed E-state index contributed by atoms with van der Waals surface area (Å²) < 4.78 is 0. The number of nitrogens with zero attached hydrogens (tertiary/aromatic N) is 10. The number of pyridine rings is 2. The number of hydrogen-bond donors (Lipinski definition) is 4. The van der Waals surface area contributed by atoms with Gasteiger partial charge in [0.05, 0.1) is 71.9 Å². The van der Waals surface area contributed by atoms with Crippen LogP contribution >= 0.6 is 0 Å². The predicted octanol–water partition coefficient (Wildman–Crippen LogP) is 15.5. The van der Waals surface area contributed by atoms with Crippen molar-refractivity contribution in [2.45, 2.75) is 90.9 Å². The van der Waals surface area contributed by atoms with E-state index in [2.05, 4.69) is 148 Å². The Morgan fingerprint density at radius 1 is 0.333 bits per heavy atom. The van der Waals surface area contributed by atoms with Crippen molar-refractivity contribution >= 4 is 100 Å². The molecular formula is C84H72N14O4. The van der Waals surface area contributed by atoms with E-state index in [0.717, 1.165) is 158 Å². The highest BCUT2D eigenvalue weighted by atomic mass is 16.1. The van der Waals surface area contributed by atoms with Gasteiger partial charge in [0, 0.05) is 120 Å². The van der Waals surface area contributed by atoms with Crippen LogP contribution in [0.25, 0.3) is 77.3 Å². The van der Waals surface area contributed by atoms with Gasteiger partial charge in [-0.25, -0.2) is 19.9 Å². The Kier molecular flexibility index (Phi) is 20.2. The highest BCUT2D eigenvalue weighted by Gasteiger charge is 2.18. The molecule has 0 unspecified atom stereocenters.